The molecule has 0 radical (unpaired) electrons. The lowest BCUT2D eigenvalue weighted by Crippen LogP contribution is -2.76. The van der Waals surface area contributed by atoms with Crippen molar-refractivity contribution in [3.05, 3.63) is 0 Å². The average molecular weight is 665 g/mol. The highest BCUT2D eigenvalue weighted by molar-refractivity contribution is 7.90. The Labute approximate surface area is 209 Å². The van der Waals surface area contributed by atoms with Gasteiger partial charge in [0.15, 0.2) is 0 Å². The minimum absolute atomic E-state index is 0.752. The summed E-state index contributed by atoms with van der Waals surface area (Å²) in [5.74, 6) is -62.3. The van der Waals surface area contributed by atoms with Gasteiger partial charge in [0.1, 0.15) is 0 Å². The van der Waals surface area contributed by atoms with Gasteiger partial charge in [-0.05, 0) is 6.42 Å². The van der Waals surface area contributed by atoms with Gasteiger partial charge in [-0.25, -0.2) is 8.42 Å². The van der Waals surface area contributed by atoms with Crippen LogP contribution in [-0.2, 0) is 10.0 Å². The second-order valence-corrected chi connectivity index (χ2v) is 9.71. The van der Waals surface area contributed by atoms with E-state index < -0.39 is 99.4 Å². The van der Waals surface area contributed by atoms with Crippen LogP contribution in [0, 0.1) is 0 Å². The summed E-state index contributed by atoms with van der Waals surface area (Å²) < 4.78 is 277. The number of hydrogen-bond acceptors (Lipinski definition) is 4. The number of rotatable bonds is 14. The van der Waals surface area contributed by atoms with E-state index in [2.05, 4.69) is 0 Å². The van der Waals surface area contributed by atoms with E-state index >= 15 is 0 Å². The van der Waals surface area contributed by atoms with E-state index in [1.165, 1.54) is 0 Å². The van der Waals surface area contributed by atoms with Gasteiger partial charge in [-0.15, -0.1) is 0 Å². The minimum atomic E-state index is -9.18. The van der Waals surface area contributed by atoms with Crippen LogP contribution in [0.1, 0.15) is 13.3 Å². The Kier molecular flexibility index (Phi) is 10.2. The second kappa shape index (κ2) is 10.6. The molecular formula is C15H14F19NO4S. The maximum atomic E-state index is 14.2. The van der Waals surface area contributed by atoms with Crippen LogP contribution in [-0.4, -0.2) is 102 Å². The zero-order valence-electron chi connectivity index (χ0n) is 18.7. The SMILES string of the molecule is CCCN(CC(O)CO)S(=O)(=O)C(F)(F)C(F)(F)C(F)(F)C(F)(F)C(F)(F)C(F)(F)C(F)(F)C(F)(F)C(F)(F)F. The zero-order chi connectivity index (χ0) is 33.0. The molecule has 0 saturated heterocycles. The van der Waals surface area contributed by atoms with Crippen molar-refractivity contribution in [2.75, 3.05) is 19.7 Å². The zero-order valence-corrected chi connectivity index (χ0v) is 19.5. The Balaban J connectivity index is 7.19. The predicted octanol–water partition coefficient (Wildman–Crippen LogP) is 4.98. The van der Waals surface area contributed by atoms with Crippen LogP contribution in [0.25, 0.3) is 0 Å². The average Bonchev–Trinajstić information content (AvgIpc) is 2.76. The lowest BCUT2D eigenvalue weighted by atomic mass is 9.89. The van der Waals surface area contributed by atoms with E-state index in [1.54, 1.807) is 0 Å². The molecule has 0 amide bonds. The van der Waals surface area contributed by atoms with Gasteiger partial charge >= 0.3 is 52.9 Å². The molecule has 0 rings (SSSR count). The van der Waals surface area contributed by atoms with E-state index in [0.717, 1.165) is 6.92 Å². The number of sulfonamides is 1. The molecule has 1 unspecified atom stereocenters. The fourth-order valence-electron chi connectivity index (χ4n) is 2.52. The fraction of sp³-hybridized carbons (Fsp3) is 1.00. The molecule has 0 saturated carbocycles. The summed E-state index contributed by atoms with van der Waals surface area (Å²) in [7, 11) is -7.60. The van der Waals surface area contributed by atoms with Gasteiger partial charge in [0.05, 0.1) is 12.7 Å². The molecule has 0 aromatic carbocycles. The molecule has 25 heteroatoms. The lowest BCUT2D eigenvalue weighted by molar-refractivity contribution is -0.466. The van der Waals surface area contributed by atoms with Crippen LogP contribution in [0.4, 0.5) is 83.4 Å². The minimum Gasteiger partial charge on any atom is -0.394 e. The van der Waals surface area contributed by atoms with E-state index in [9.17, 15) is 91.8 Å². The molecule has 0 aliphatic heterocycles. The van der Waals surface area contributed by atoms with E-state index in [0.29, 0.717) is 0 Å². The Morgan fingerprint density at radius 2 is 0.900 bits per heavy atom. The van der Waals surface area contributed by atoms with Crippen molar-refractivity contribution in [2.24, 2.45) is 0 Å². The lowest BCUT2D eigenvalue weighted by Gasteiger charge is -2.44. The standard InChI is InChI=1S/C15H14F19NO4S/c1-2-3-35(4-6(37)5-36)40(38,39)15(33,34)13(28,29)11(24,25)9(20,21)7(16,17)8(18,19)10(22,23)12(26,27)14(30,31)32/h6,36-37H,2-5H2,1H3. The summed E-state index contributed by atoms with van der Waals surface area (Å²) in [5, 5.41) is 9.89. The number of aliphatic hydroxyl groups excluding tert-OH is 2. The third-order valence-corrected chi connectivity index (χ3v) is 6.77. The van der Waals surface area contributed by atoms with Gasteiger partial charge in [0.25, 0.3) is 10.0 Å². The molecular weight excluding hydrogens is 651 g/mol. The van der Waals surface area contributed by atoms with Crippen LogP contribution in [0.2, 0.25) is 0 Å². The molecule has 1 atom stereocenters. The van der Waals surface area contributed by atoms with Gasteiger partial charge in [-0.2, -0.15) is 87.7 Å². The molecule has 0 aliphatic carbocycles. The monoisotopic (exact) mass is 665 g/mol. The van der Waals surface area contributed by atoms with Crippen LogP contribution >= 0.6 is 0 Å². The smallest absolute Gasteiger partial charge is 0.394 e. The van der Waals surface area contributed by atoms with Crippen molar-refractivity contribution >= 4 is 10.0 Å². The van der Waals surface area contributed by atoms with Crippen LogP contribution < -0.4 is 0 Å². The summed E-state index contributed by atoms with van der Waals surface area (Å²) in [6, 6.07) is 0. The van der Waals surface area contributed by atoms with Gasteiger partial charge in [0.2, 0.25) is 0 Å². The summed E-state index contributed by atoms with van der Waals surface area (Å²) in [4.78, 5) is 0. The number of nitrogens with zero attached hydrogens (tertiary/aromatic N) is 1. The quantitative estimate of drug-likeness (QED) is 0.257. The van der Waals surface area contributed by atoms with Crippen molar-refractivity contribution in [2.45, 2.75) is 72.3 Å². The van der Waals surface area contributed by atoms with Crippen molar-refractivity contribution in [3.8, 4) is 0 Å². The molecule has 0 bridgehead atoms. The summed E-state index contributed by atoms with van der Waals surface area (Å²) in [6.45, 7) is -4.14. The largest absolute Gasteiger partial charge is 0.460 e. The normalized spacial score (nSPS) is 17.0. The van der Waals surface area contributed by atoms with Gasteiger partial charge in [0, 0.05) is 13.1 Å². The second-order valence-electron chi connectivity index (χ2n) is 7.73. The van der Waals surface area contributed by atoms with Crippen molar-refractivity contribution < 1.29 is 102 Å². The Morgan fingerprint density at radius 1 is 0.600 bits per heavy atom. The van der Waals surface area contributed by atoms with Gasteiger partial charge in [-0.3, -0.25) is 0 Å². The Hall–Kier alpha value is -1.50. The van der Waals surface area contributed by atoms with Crippen LogP contribution in [0.5, 0.6) is 0 Å². The van der Waals surface area contributed by atoms with Crippen LogP contribution in [0.15, 0.2) is 0 Å². The Bertz CT molecular complexity index is 994. The van der Waals surface area contributed by atoms with E-state index in [4.69, 9.17) is 10.2 Å². The molecule has 2 N–H and O–H groups in total. The molecule has 0 aromatic rings. The third kappa shape index (κ3) is 5.15. The van der Waals surface area contributed by atoms with E-state index in [1.807, 2.05) is 0 Å². The highest BCUT2D eigenvalue weighted by Crippen LogP contribution is 2.65. The molecule has 0 aliphatic rings. The fourth-order valence-corrected chi connectivity index (χ4v) is 4.09. The number of aliphatic hydroxyl groups is 2. The first kappa shape index (κ1) is 38.5. The maximum Gasteiger partial charge on any atom is 0.460 e. The van der Waals surface area contributed by atoms with Gasteiger partial charge < -0.3 is 10.2 Å². The molecule has 0 heterocycles. The van der Waals surface area contributed by atoms with Crippen molar-refractivity contribution in [1.29, 1.82) is 0 Å². The summed E-state index contributed by atoms with van der Waals surface area (Å²) in [6.07, 6.45) is -11.3. The first-order valence-corrected chi connectivity index (χ1v) is 11.0. The molecule has 5 nitrogen and oxygen atoms in total. The predicted molar refractivity (Wildman–Crippen MR) is 89.5 cm³/mol. The molecule has 242 valence electrons. The molecule has 0 aromatic heterocycles. The first-order valence-electron chi connectivity index (χ1n) is 9.54. The van der Waals surface area contributed by atoms with Gasteiger partial charge in [-0.1, -0.05) is 6.92 Å². The summed E-state index contributed by atoms with van der Waals surface area (Å²) in [5.41, 5.74) is 0. The Morgan fingerprint density at radius 3 is 1.18 bits per heavy atom. The van der Waals surface area contributed by atoms with Crippen molar-refractivity contribution in [1.82, 2.24) is 4.31 Å². The van der Waals surface area contributed by atoms with E-state index in [-0.39, 0.29) is 0 Å². The topological polar surface area (TPSA) is 77.8 Å². The molecule has 0 fully saturated rings. The highest BCUT2D eigenvalue weighted by atomic mass is 32.2. The summed E-state index contributed by atoms with van der Waals surface area (Å²) >= 11 is 0. The first-order chi connectivity index (χ1) is 17.2. The number of halogens is 19. The molecule has 40 heavy (non-hydrogen) atoms. The van der Waals surface area contributed by atoms with Crippen LogP contribution in [0.3, 0.4) is 0 Å². The maximum absolute atomic E-state index is 14.2. The number of alkyl halides is 19. The highest BCUT2D eigenvalue weighted by Gasteiger charge is 2.97. The van der Waals surface area contributed by atoms with Crippen molar-refractivity contribution in [3.63, 3.8) is 0 Å². The number of hydrogen-bond donors (Lipinski definition) is 2. The molecule has 0 spiro atoms. The third-order valence-electron chi connectivity index (χ3n) is 4.85.